The van der Waals surface area contributed by atoms with E-state index in [1.165, 1.54) is 12.1 Å². The van der Waals surface area contributed by atoms with Crippen molar-refractivity contribution in [3.05, 3.63) is 52.5 Å². The minimum absolute atomic E-state index is 0.0713. The van der Waals surface area contributed by atoms with Gasteiger partial charge in [-0.05, 0) is 60.1 Å². The van der Waals surface area contributed by atoms with E-state index in [4.69, 9.17) is 16.3 Å². The summed E-state index contributed by atoms with van der Waals surface area (Å²) in [4.78, 5) is 26.6. The third-order valence-corrected chi connectivity index (χ3v) is 7.33. The lowest BCUT2D eigenvalue weighted by atomic mass is 9.85. The number of amides is 1. The zero-order chi connectivity index (χ0) is 26.2. The Hall–Kier alpha value is -2.94. The van der Waals surface area contributed by atoms with E-state index in [9.17, 15) is 27.9 Å². The van der Waals surface area contributed by atoms with Gasteiger partial charge in [0, 0.05) is 7.05 Å². The van der Waals surface area contributed by atoms with Crippen LogP contribution in [0.4, 0.5) is 24.5 Å². The molecule has 1 amide bonds. The highest BCUT2D eigenvalue weighted by Gasteiger charge is 2.45. The maximum Gasteiger partial charge on any atom is 0.392 e. The molecule has 2 aromatic rings. The molecule has 1 aliphatic carbocycles. The van der Waals surface area contributed by atoms with Crippen LogP contribution in [-0.2, 0) is 9.59 Å². The lowest BCUT2D eigenvalue weighted by Gasteiger charge is -2.30. The van der Waals surface area contributed by atoms with Crippen LogP contribution in [0.1, 0.15) is 49.1 Å². The van der Waals surface area contributed by atoms with Crippen molar-refractivity contribution in [1.29, 1.82) is 0 Å². The molecule has 1 heterocycles. The number of carbonyl (C=O) groups excluding carboxylic acids is 1. The summed E-state index contributed by atoms with van der Waals surface area (Å²) in [6.45, 7) is 2.02. The lowest BCUT2D eigenvalue weighted by Crippen LogP contribution is -2.35. The molecule has 0 radical (unpaired) electrons. The van der Waals surface area contributed by atoms with Crippen molar-refractivity contribution in [2.75, 3.05) is 30.4 Å². The fourth-order valence-electron chi connectivity index (χ4n) is 4.74. The van der Waals surface area contributed by atoms with Gasteiger partial charge in [0.1, 0.15) is 12.4 Å². The molecule has 2 aromatic carbocycles. The summed E-state index contributed by atoms with van der Waals surface area (Å²) in [6.07, 6.45) is -2.88. The predicted molar refractivity (Wildman–Crippen MR) is 131 cm³/mol. The molecular formula is C26H28ClF3N2O4. The number of alkyl halides is 3. The number of anilines is 2. The molecule has 194 valence electrons. The number of nitrogens with zero attached hydrogens (tertiary/aromatic N) is 1. The molecule has 0 spiro atoms. The number of carboxylic acids is 1. The topological polar surface area (TPSA) is 78.9 Å². The van der Waals surface area contributed by atoms with Crippen LogP contribution in [0.2, 0.25) is 5.02 Å². The molecule has 2 aliphatic rings. The summed E-state index contributed by atoms with van der Waals surface area (Å²) in [7, 11) is 1.81. The largest absolute Gasteiger partial charge is 0.490 e. The molecule has 10 heteroatoms. The summed E-state index contributed by atoms with van der Waals surface area (Å²) in [5.74, 6) is -4.78. The highest BCUT2D eigenvalue weighted by Crippen LogP contribution is 2.46. The number of benzene rings is 2. The third-order valence-electron chi connectivity index (χ3n) is 7.00. The number of rotatable bonds is 8. The third kappa shape index (κ3) is 5.72. The highest BCUT2D eigenvalue weighted by molar-refractivity contribution is 6.33. The monoisotopic (exact) mass is 524 g/mol. The standard InChI is InChI=1S/C26H28ClF3N2O4/c1-14(26(28,29)30)24(17-6-8-22-21(12-17)32(2)9-10-36-22)25(35)31-20-11-16(5-7-19(20)27)18(13-23(33)34)15-3-4-15/h5-8,11-12,14-15,18,24H,3-4,9-10,13H2,1-2H3,(H,31,35)(H,33,34)/t14-,18+,24-/m1/s1. The minimum atomic E-state index is -4.62. The van der Waals surface area contributed by atoms with E-state index in [1.54, 1.807) is 24.3 Å². The first-order valence-electron chi connectivity index (χ1n) is 11.8. The van der Waals surface area contributed by atoms with E-state index in [1.807, 2.05) is 11.9 Å². The van der Waals surface area contributed by atoms with Crippen molar-refractivity contribution in [3.63, 3.8) is 0 Å². The fourth-order valence-corrected chi connectivity index (χ4v) is 4.91. The number of likely N-dealkylation sites (N-methyl/N-ethyl adjacent to an activating group) is 1. The molecule has 0 saturated heterocycles. The normalized spacial score (nSPS) is 18.0. The van der Waals surface area contributed by atoms with Crippen LogP contribution in [0, 0.1) is 11.8 Å². The number of ether oxygens (including phenoxy) is 1. The summed E-state index contributed by atoms with van der Waals surface area (Å²) in [5.41, 5.74) is 1.68. The number of hydrogen-bond donors (Lipinski definition) is 2. The Bertz CT molecular complexity index is 1150. The second kappa shape index (κ2) is 10.2. The highest BCUT2D eigenvalue weighted by atomic mass is 35.5. The SMILES string of the molecule is C[C@H]([C@@H](C(=O)Nc1cc([C@@H](CC(=O)O)C2CC2)ccc1Cl)c1ccc2c(c1)N(C)CCO2)C(F)(F)F. The van der Waals surface area contributed by atoms with Gasteiger partial charge in [0.15, 0.2) is 0 Å². The molecule has 3 atom stereocenters. The first-order valence-corrected chi connectivity index (χ1v) is 12.2. The minimum Gasteiger partial charge on any atom is -0.490 e. The zero-order valence-corrected chi connectivity index (χ0v) is 20.7. The van der Waals surface area contributed by atoms with Gasteiger partial charge in [-0.2, -0.15) is 13.2 Å². The molecule has 1 saturated carbocycles. The Kier molecular flexibility index (Phi) is 7.41. The number of halogens is 4. The van der Waals surface area contributed by atoms with Gasteiger partial charge in [0.2, 0.25) is 5.91 Å². The average molecular weight is 525 g/mol. The van der Waals surface area contributed by atoms with Gasteiger partial charge in [-0.1, -0.05) is 30.7 Å². The molecular weight excluding hydrogens is 497 g/mol. The summed E-state index contributed by atoms with van der Waals surface area (Å²) in [5, 5.41) is 12.1. The van der Waals surface area contributed by atoms with E-state index in [-0.39, 0.29) is 34.5 Å². The average Bonchev–Trinajstić information content (AvgIpc) is 3.64. The molecule has 0 unspecified atom stereocenters. The molecule has 0 bridgehead atoms. The fraction of sp³-hybridized carbons (Fsp3) is 0.462. The number of fused-ring (bicyclic) bond motifs is 1. The van der Waals surface area contributed by atoms with Crippen LogP contribution in [0.5, 0.6) is 5.75 Å². The zero-order valence-electron chi connectivity index (χ0n) is 19.9. The summed E-state index contributed by atoms with van der Waals surface area (Å²) < 4.78 is 47.2. The number of hydrogen-bond acceptors (Lipinski definition) is 4. The Morgan fingerprint density at radius 2 is 1.89 bits per heavy atom. The van der Waals surface area contributed by atoms with E-state index >= 15 is 0 Å². The smallest absolute Gasteiger partial charge is 0.392 e. The van der Waals surface area contributed by atoms with Crippen molar-refractivity contribution in [3.8, 4) is 5.75 Å². The Morgan fingerprint density at radius 3 is 2.53 bits per heavy atom. The first-order chi connectivity index (χ1) is 17.0. The van der Waals surface area contributed by atoms with Crippen LogP contribution in [0.25, 0.3) is 0 Å². The van der Waals surface area contributed by atoms with Gasteiger partial charge in [-0.3, -0.25) is 9.59 Å². The number of nitrogens with one attached hydrogen (secondary N) is 1. The van der Waals surface area contributed by atoms with Crippen molar-refractivity contribution in [2.45, 2.75) is 44.2 Å². The maximum absolute atomic E-state index is 13.9. The molecule has 4 rings (SSSR count). The molecule has 1 fully saturated rings. The van der Waals surface area contributed by atoms with Gasteiger partial charge in [0.05, 0.1) is 41.2 Å². The van der Waals surface area contributed by atoms with Crippen LogP contribution in [0.3, 0.4) is 0 Å². The molecule has 36 heavy (non-hydrogen) atoms. The van der Waals surface area contributed by atoms with Gasteiger partial charge in [-0.25, -0.2) is 0 Å². The van der Waals surface area contributed by atoms with E-state index < -0.39 is 29.9 Å². The summed E-state index contributed by atoms with van der Waals surface area (Å²) >= 11 is 6.30. The van der Waals surface area contributed by atoms with Crippen LogP contribution in [0.15, 0.2) is 36.4 Å². The van der Waals surface area contributed by atoms with Gasteiger partial charge in [0.25, 0.3) is 0 Å². The van der Waals surface area contributed by atoms with Gasteiger partial charge >= 0.3 is 12.1 Å². The van der Waals surface area contributed by atoms with Gasteiger partial charge < -0.3 is 20.1 Å². The predicted octanol–water partition coefficient (Wildman–Crippen LogP) is 6.06. The number of aliphatic carboxylic acids is 1. The Balaban J connectivity index is 1.66. The number of carbonyl (C=O) groups is 2. The Morgan fingerprint density at radius 1 is 1.19 bits per heavy atom. The van der Waals surface area contributed by atoms with Crippen molar-refractivity contribution in [1.82, 2.24) is 0 Å². The molecule has 2 N–H and O–H groups in total. The first kappa shape index (κ1) is 26.1. The Labute approximate surface area is 212 Å². The molecule has 1 aliphatic heterocycles. The van der Waals surface area contributed by atoms with Crippen molar-refractivity contribution >= 4 is 34.9 Å². The lowest BCUT2D eigenvalue weighted by molar-refractivity contribution is -0.178. The van der Waals surface area contributed by atoms with Crippen LogP contribution in [-0.4, -0.2) is 43.4 Å². The van der Waals surface area contributed by atoms with Crippen molar-refractivity contribution < 1.29 is 32.6 Å². The second-order valence-electron chi connectivity index (χ2n) is 9.58. The van der Waals surface area contributed by atoms with E-state index in [0.717, 1.165) is 19.8 Å². The van der Waals surface area contributed by atoms with E-state index in [0.29, 0.717) is 30.2 Å². The van der Waals surface area contributed by atoms with Crippen LogP contribution >= 0.6 is 11.6 Å². The maximum atomic E-state index is 13.9. The van der Waals surface area contributed by atoms with Crippen molar-refractivity contribution in [2.24, 2.45) is 11.8 Å². The van der Waals surface area contributed by atoms with E-state index in [2.05, 4.69) is 5.32 Å². The molecule has 0 aromatic heterocycles. The van der Waals surface area contributed by atoms with Gasteiger partial charge in [-0.15, -0.1) is 0 Å². The summed E-state index contributed by atoms with van der Waals surface area (Å²) in [6, 6.07) is 9.46. The molecule has 6 nitrogen and oxygen atoms in total. The quantitative estimate of drug-likeness (QED) is 0.439. The number of carboxylic acid groups (broad SMARTS) is 1. The second-order valence-corrected chi connectivity index (χ2v) is 9.98. The van der Waals surface area contributed by atoms with Crippen LogP contribution < -0.4 is 15.0 Å².